The van der Waals surface area contributed by atoms with Crippen molar-refractivity contribution in [2.45, 2.75) is 77.1 Å². The van der Waals surface area contributed by atoms with Crippen LogP contribution in [0.25, 0.3) is 0 Å². The average molecular weight is 319 g/mol. The van der Waals surface area contributed by atoms with E-state index in [1.165, 1.54) is 5.56 Å². The minimum atomic E-state index is -0.442. The first-order chi connectivity index (χ1) is 10.8. The maximum atomic E-state index is 11.8. The third-order valence-corrected chi connectivity index (χ3v) is 4.14. The van der Waals surface area contributed by atoms with Gasteiger partial charge in [-0.05, 0) is 71.1 Å². The van der Waals surface area contributed by atoms with Gasteiger partial charge in [0.25, 0.3) is 0 Å². The van der Waals surface area contributed by atoms with Crippen LogP contribution >= 0.6 is 0 Å². The van der Waals surface area contributed by atoms with Gasteiger partial charge in [-0.1, -0.05) is 0 Å². The second-order valence-corrected chi connectivity index (χ2v) is 7.36. The van der Waals surface area contributed by atoms with E-state index in [0.717, 1.165) is 25.7 Å². The number of carbonyl (C=O) groups excluding carboxylic acids is 1. The molecule has 1 aliphatic rings. The van der Waals surface area contributed by atoms with Gasteiger partial charge >= 0.3 is 6.09 Å². The van der Waals surface area contributed by atoms with Crippen LogP contribution in [0.15, 0.2) is 24.5 Å². The number of hydrogen-bond acceptors (Lipinski definition) is 4. The van der Waals surface area contributed by atoms with Gasteiger partial charge < -0.3 is 15.4 Å². The fourth-order valence-electron chi connectivity index (χ4n) is 2.98. The van der Waals surface area contributed by atoms with E-state index in [2.05, 4.69) is 22.5 Å². The number of nitrogens with zero attached hydrogens (tertiary/aromatic N) is 1. The Labute approximate surface area is 139 Å². The van der Waals surface area contributed by atoms with E-state index < -0.39 is 5.60 Å². The molecule has 2 rings (SSSR count). The zero-order valence-corrected chi connectivity index (χ0v) is 14.6. The molecule has 2 N–H and O–H groups in total. The van der Waals surface area contributed by atoms with Crippen LogP contribution in [-0.4, -0.2) is 28.8 Å². The summed E-state index contributed by atoms with van der Waals surface area (Å²) in [5.41, 5.74) is 0.817. The molecule has 1 unspecified atom stereocenters. The van der Waals surface area contributed by atoms with Crippen molar-refractivity contribution in [3.63, 3.8) is 0 Å². The highest BCUT2D eigenvalue weighted by atomic mass is 16.6. The molecule has 0 saturated heterocycles. The molecule has 1 amide bonds. The molecule has 1 saturated carbocycles. The number of nitrogens with one attached hydrogen (secondary N) is 2. The highest BCUT2D eigenvalue weighted by molar-refractivity contribution is 5.68. The average Bonchev–Trinajstić information content (AvgIpc) is 2.48. The number of carbonyl (C=O) groups is 1. The van der Waals surface area contributed by atoms with E-state index in [-0.39, 0.29) is 12.1 Å². The molecule has 0 aliphatic heterocycles. The van der Waals surface area contributed by atoms with Crippen LogP contribution in [0.1, 0.15) is 65.0 Å². The summed E-state index contributed by atoms with van der Waals surface area (Å²) in [6.07, 6.45) is 7.45. The van der Waals surface area contributed by atoms with Gasteiger partial charge in [-0.25, -0.2) is 4.79 Å². The zero-order valence-electron chi connectivity index (χ0n) is 14.6. The monoisotopic (exact) mass is 319 g/mol. The molecule has 1 atom stereocenters. The normalized spacial score (nSPS) is 23.1. The standard InChI is InChI=1S/C18H29N3O2/c1-13(14-9-11-19-12-10-14)20-15-5-7-16(8-6-15)21-17(22)23-18(2,3)4/h9-13,15-16,20H,5-8H2,1-4H3,(H,21,22). The Morgan fingerprint density at radius 1 is 1.17 bits per heavy atom. The van der Waals surface area contributed by atoms with Crippen LogP contribution in [0, 0.1) is 0 Å². The van der Waals surface area contributed by atoms with Gasteiger partial charge in [0, 0.05) is 30.5 Å². The largest absolute Gasteiger partial charge is 0.444 e. The summed E-state index contributed by atoms with van der Waals surface area (Å²) in [6, 6.07) is 5.13. The number of ether oxygens (including phenoxy) is 1. The van der Waals surface area contributed by atoms with Crippen molar-refractivity contribution < 1.29 is 9.53 Å². The first-order valence-corrected chi connectivity index (χ1v) is 8.49. The van der Waals surface area contributed by atoms with Gasteiger partial charge in [-0.3, -0.25) is 4.98 Å². The molecule has 0 bridgehead atoms. The predicted molar refractivity (Wildman–Crippen MR) is 91.2 cm³/mol. The lowest BCUT2D eigenvalue weighted by atomic mass is 9.90. The quantitative estimate of drug-likeness (QED) is 0.890. The molecule has 0 aromatic carbocycles. The number of aromatic nitrogens is 1. The number of hydrogen-bond donors (Lipinski definition) is 2. The first kappa shape index (κ1) is 17.7. The lowest BCUT2D eigenvalue weighted by molar-refractivity contribution is 0.0489. The summed E-state index contributed by atoms with van der Waals surface area (Å²) in [4.78, 5) is 15.9. The topological polar surface area (TPSA) is 63.2 Å². The molecule has 1 heterocycles. The van der Waals surface area contributed by atoms with Crippen molar-refractivity contribution in [3.05, 3.63) is 30.1 Å². The van der Waals surface area contributed by atoms with E-state index in [1.807, 2.05) is 45.3 Å². The molecule has 128 valence electrons. The van der Waals surface area contributed by atoms with Crippen molar-refractivity contribution in [1.29, 1.82) is 0 Å². The Bertz CT molecular complexity index is 491. The van der Waals surface area contributed by atoms with Gasteiger partial charge in [0.2, 0.25) is 0 Å². The SMILES string of the molecule is CC(NC1CCC(NC(=O)OC(C)(C)C)CC1)c1ccncc1. The Kier molecular flexibility index (Phi) is 5.99. The van der Waals surface area contributed by atoms with Crippen molar-refractivity contribution >= 4 is 6.09 Å². The maximum Gasteiger partial charge on any atom is 0.407 e. The van der Waals surface area contributed by atoms with Gasteiger partial charge in [0.1, 0.15) is 5.60 Å². The minimum Gasteiger partial charge on any atom is -0.444 e. The zero-order chi connectivity index (χ0) is 16.9. The second kappa shape index (κ2) is 7.77. The molecule has 1 aromatic heterocycles. The highest BCUT2D eigenvalue weighted by Crippen LogP contribution is 2.22. The molecule has 0 spiro atoms. The summed E-state index contributed by atoms with van der Waals surface area (Å²) in [5.74, 6) is 0. The molecular weight excluding hydrogens is 290 g/mol. The van der Waals surface area contributed by atoms with Crippen LogP contribution in [0.4, 0.5) is 4.79 Å². The summed E-state index contributed by atoms with van der Waals surface area (Å²) in [7, 11) is 0. The molecule has 0 radical (unpaired) electrons. The lowest BCUT2D eigenvalue weighted by Gasteiger charge is -2.32. The minimum absolute atomic E-state index is 0.221. The van der Waals surface area contributed by atoms with E-state index >= 15 is 0 Å². The maximum absolute atomic E-state index is 11.8. The molecule has 5 nitrogen and oxygen atoms in total. The number of pyridine rings is 1. The van der Waals surface area contributed by atoms with Gasteiger partial charge in [-0.15, -0.1) is 0 Å². The Morgan fingerprint density at radius 2 is 1.74 bits per heavy atom. The second-order valence-electron chi connectivity index (χ2n) is 7.36. The Morgan fingerprint density at radius 3 is 2.30 bits per heavy atom. The van der Waals surface area contributed by atoms with E-state index in [4.69, 9.17) is 4.74 Å². The molecule has 5 heteroatoms. The third-order valence-electron chi connectivity index (χ3n) is 4.14. The van der Waals surface area contributed by atoms with Crippen LogP contribution < -0.4 is 10.6 Å². The van der Waals surface area contributed by atoms with E-state index in [0.29, 0.717) is 12.1 Å². The van der Waals surface area contributed by atoms with Crippen LogP contribution in [0.2, 0.25) is 0 Å². The van der Waals surface area contributed by atoms with Crippen molar-refractivity contribution in [1.82, 2.24) is 15.6 Å². The van der Waals surface area contributed by atoms with Crippen LogP contribution in [0.5, 0.6) is 0 Å². The predicted octanol–water partition coefficient (Wildman–Crippen LogP) is 3.57. The molecule has 1 fully saturated rings. The van der Waals surface area contributed by atoms with Gasteiger partial charge in [-0.2, -0.15) is 0 Å². The number of alkyl carbamates (subject to hydrolysis) is 1. The smallest absolute Gasteiger partial charge is 0.407 e. The third kappa shape index (κ3) is 6.18. The lowest BCUT2D eigenvalue weighted by Crippen LogP contribution is -2.44. The van der Waals surface area contributed by atoms with E-state index in [1.54, 1.807) is 0 Å². The summed E-state index contributed by atoms with van der Waals surface area (Å²) < 4.78 is 5.32. The number of amides is 1. The van der Waals surface area contributed by atoms with Crippen LogP contribution in [0.3, 0.4) is 0 Å². The summed E-state index contributed by atoms with van der Waals surface area (Å²) in [5, 5.41) is 6.66. The Balaban J connectivity index is 1.73. The van der Waals surface area contributed by atoms with E-state index in [9.17, 15) is 4.79 Å². The molecule has 1 aromatic rings. The van der Waals surface area contributed by atoms with Crippen molar-refractivity contribution in [2.24, 2.45) is 0 Å². The van der Waals surface area contributed by atoms with Gasteiger partial charge in [0.15, 0.2) is 0 Å². The first-order valence-electron chi connectivity index (χ1n) is 8.49. The van der Waals surface area contributed by atoms with Crippen LogP contribution in [-0.2, 0) is 4.74 Å². The van der Waals surface area contributed by atoms with Gasteiger partial charge in [0.05, 0.1) is 0 Å². The molecule has 1 aliphatic carbocycles. The number of rotatable bonds is 4. The molecular formula is C18H29N3O2. The summed E-state index contributed by atoms with van der Waals surface area (Å²) >= 11 is 0. The fourth-order valence-corrected chi connectivity index (χ4v) is 2.98. The van der Waals surface area contributed by atoms with Crippen molar-refractivity contribution in [3.8, 4) is 0 Å². The van der Waals surface area contributed by atoms with Crippen molar-refractivity contribution in [2.75, 3.05) is 0 Å². The summed E-state index contributed by atoms with van der Waals surface area (Å²) in [6.45, 7) is 7.83. The molecule has 23 heavy (non-hydrogen) atoms. The fraction of sp³-hybridized carbons (Fsp3) is 0.667. The Hall–Kier alpha value is -1.62. The highest BCUT2D eigenvalue weighted by Gasteiger charge is 2.25.